The molecule has 174 valence electrons. The first kappa shape index (κ1) is 23.8. The molecule has 1 aliphatic heterocycles. The molecule has 1 fully saturated rings. The predicted octanol–water partition coefficient (Wildman–Crippen LogP) is 3.34. The van der Waals surface area contributed by atoms with Crippen LogP contribution >= 0.6 is 0 Å². The number of aromatic nitrogens is 2. The molecule has 1 aromatic heterocycles. The maximum atomic E-state index is 12.9. The lowest BCUT2D eigenvalue weighted by Gasteiger charge is -2.44. The number of para-hydroxylation sites is 1. The van der Waals surface area contributed by atoms with E-state index in [2.05, 4.69) is 4.98 Å². The number of benzene rings is 1. The number of hydrogen-bond acceptors (Lipinski definition) is 5. The summed E-state index contributed by atoms with van der Waals surface area (Å²) in [5.74, 6) is 0.682. The van der Waals surface area contributed by atoms with Gasteiger partial charge in [0.1, 0.15) is 11.4 Å². The zero-order valence-corrected chi connectivity index (χ0v) is 19.9. The van der Waals surface area contributed by atoms with Crippen molar-refractivity contribution in [3.63, 3.8) is 0 Å². The summed E-state index contributed by atoms with van der Waals surface area (Å²) in [6.45, 7) is 12.6. The first-order valence-corrected chi connectivity index (χ1v) is 11.2. The highest BCUT2D eigenvalue weighted by Crippen LogP contribution is 2.20. The van der Waals surface area contributed by atoms with Gasteiger partial charge in [-0.15, -0.1) is 0 Å². The van der Waals surface area contributed by atoms with Crippen LogP contribution in [0.2, 0.25) is 0 Å². The number of aryl methyl sites for hydroxylation is 1. The molecule has 1 aliphatic rings. The maximum Gasteiger partial charge on any atom is 0.410 e. The van der Waals surface area contributed by atoms with Crippen LogP contribution in [0.25, 0.3) is 10.9 Å². The highest BCUT2D eigenvalue weighted by molar-refractivity contribution is 5.78. The smallest absolute Gasteiger partial charge is 0.410 e. The summed E-state index contributed by atoms with van der Waals surface area (Å²) in [5.41, 5.74) is 0.0578. The number of ether oxygens (including phenoxy) is 1. The minimum atomic E-state index is -0.555. The zero-order valence-electron chi connectivity index (χ0n) is 19.9. The molecule has 8 heteroatoms. The molecular formula is C24H34N4O4. The van der Waals surface area contributed by atoms with E-state index in [1.165, 1.54) is 0 Å². The number of hydrogen-bond donors (Lipinski definition) is 0. The predicted molar refractivity (Wildman–Crippen MR) is 124 cm³/mol. The van der Waals surface area contributed by atoms with Gasteiger partial charge >= 0.3 is 6.09 Å². The minimum absolute atomic E-state index is 0.0349. The van der Waals surface area contributed by atoms with E-state index in [0.29, 0.717) is 49.2 Å². The SMILES string of the molecule is Cc1nc2ccccc2c(=O)n1CCCC(=O)N1C[C@@H](C)N(C(=O)OC(C)(C)C)C[C@@H]1C. The number of carbonyl (C=O) groups excluding carboxylic acids is 2. The Kier molecular flexibility index (Phi) is 6.91. The Morgan fingerprint density at radius 1 is 1.09 bits per heavy atom. The highest BCUT2D eigenvalue weighted by atomic mass is 16.6. The van der Waals surface area contributed by atoms with Crippen LogP contribution in [0.1, 0.15) is 53.3 Å². The van der Waals surface area contributed by atoms with E-state index in [1.54, 1.807) is 15.5 Å². The molecule has 0 unspecified atom stereocenters. The fourth-order valence-electron chi connectivity index (χ4n) is 4.12. The van der Waals surface area contributed by atoms with Crippen LogP contribution in [0.5, 0.6) is 0 Å². The normalized spacial score (nSPS) is 19.3. The maximum absolute atomic E-state index is 12.9. The second-order valence-corrected chi connectivity index (χ2v) is 9.61. The van der Waals surface area contributed by atoms with Crippen LogP contribution in [0, 0.1) is 6.92 Å². The molecule has 0 spiro atoms. The third kappa shape index (κ3) is 5.29. The average Bonchev–Trinajstić information content (AvgIpc) is 2.70. The first-order valence-electron chi connectivity index (χ1n) is 11.2. The summed E-state index contributed by atoms with van der Waals surface area (Å²) in [7, 11) is 0. The Morgan fingerprint density at radius 3 is 2.41 bits per heavy atom. The average molecular weight is 443 g/mol. The van der Waals surface area contributed by atoms with Crippen LogP contribution in [0.3, 0.4) is 0 Å². The molecule has 0 aliphatic carbocycles. The number of rotatable bonds is 4. The second-order valence-electron chi connectivity index (χ2n) is 9.61. The Bertz CT molecular complexity index is 1060. The zero-order chi connectivity index (χ0) is 23.6. The molecule has 0 radical (unpaired) electrons. The summed E-state index contributed by atoms with van der Waals surface area (Å²) < 4.78 is 7.14. The quantitative estimate of drug-likeness (QED) is 0.725. The largest absolute Gasteiger partial charge is 0.444 e. The van der Waals surface area contributed by atoms with E-state index in [9.17, 15) is 14.4 Å². The summed E-state index contributed by atoms with van der Waals surface area (Å²) in [4.78, 5) is 46.3. The van der Waals surface area contributed by atoms with Crippen molar-refractivity contribution in [1.82, 2.24) is 19.4 Å². The van der Waals surface area contributed by atoms with Crippen LogP contribution in [0.4, 0.5) is 4.79 Å². The van der Waals surface area contributed by atoms with Gasteiger partial charge < -0.3 is 14.5 Å². The molecule has 8 nitrogen and oxygen atoms in total. The van der Waals surface area contributed by atoms with Gasteiger partial charge in [0.2, 0.25) is 5.91 Å². The van der Waals surface area contributed by atoms with Gasteiger partial charge in [0.15, 0.2) is 0 Å². The Hall–Kier alpha value is -2.90. The molecule has 3 rings (SSSR count). The number of nitrogens with zero attached hydrogens (tertiary/aromatic N) is 4. The minimum Gasteiger partial charge on any atom is -0.444 e. The molecule has 0 N–H and O–H groups in total. The van der Waals surface area contributed by atoms with Gasteiger partial charge in [-0.2, -0.15) is 0 Å². The van der Waals surface area contributed by atoms with Crippen molar-refractivity contribution in [3.8, 4) is 0 Å². The van der Waals surface area contributed by atoms with E-state index in [-0.39, 0.29) is 29.6 Å². The lowest BCUT2D eigenvalue weighted by atomic mass is 10.1. The number of amides is 2. The molecule has 2 heterocycles. The number of piperazine rings is 1. The van der Waals surface area contributed by atoms with Gasteiger partial charge in [-0.1, -0.05) is 12.1 Å². The van der Waals surface area contributed by atoms with Crippen molar-refractivity contribution in [2.45, 2.75) is 78.6 Å². The molecule has 32 heavy (non-hydrogen) atoms. The Labute approximate surface area is 189 Å². The lowest BCUT2D eigenvalue weighted by Crippen LogP contribution is -2.60. The van der Waals surface area contributed by atoms with Gasteiger partial charge in [0, 0.05) is 38.1 Å². The molecule has 2 aromatic rings. The van der Waals surface area contributed by atoms with Crippen molar-refractivity contribution in [2.75, 3.05) is 13.1 Å². The first-order chi connectivity index (χ1) is 15.0. The highest BCUT2D eigenvalue weighted by Gasteiger charge is 2.36. The molecule has 1 aromatic carbocycles. The lowest BCUT2D eigenvalue weighted by molar-refractivity contribution is -0.137. The van der Waals surface area contributed by atoms with E-state index in [1.807, 2.05) is 64.6 Å². The van der Waals surface area contributed by atoms with Gasteiger partial charge in [0.05, 0.1) is 10.9 Å². The third-order valence-corrected chi connectivity index (χ3v) is 5.76. The van der Waals surface area contributed by atoms with Gasteiger partial charge in [-0.3, -0.25) is 14.2 Å². The van der Waals surface area contributed by atoms with Gasteiger partial charge in [-0.25, -0.2) is 9.78 Å². The molecule has 2 atom stereocenters. The summed E-state index contributed by atoms with van der Waals surface area (Å²) in [6, 6.07) is 7.07. The van der Waals surface area contributed by atoms with Gasteiger partial charge in [-0.05, 0) is 60.1 Å². The fourth-order valence-corrected chi connectivity index (χ4v) is 4.12. The molecular weight excluding hydrogens is 408 g/mol. The van der Waals surface area contributed by atoms with Crippen LogP contribution < -0.4 is 5.56 Å². The van der Waals surface area contributed by atoms with Crippen molar-refractivity contribution in [2.24, 2.45) is 0 Å². The van der Waals surface area contributed by atoms with Crippen molar-refractivity contribution >= 4 is 22.9 Å². The second kappa shape index (κ2) is 9.30. The Balaban J connectivity index is 1.60. The Morgan fingerprint density at radius 2 is 1.72 bits per heavy atom. The van der Waals surface area contributed by atoms with Crippen molar-refractivity contribution in [3.05, 3.63) is 40.4 Å². The van der Waals surface area contributed by atoms with E-state index in [4.69, 9.17) is 4.74 Å². The van der Waals surface area contributed by atoms with Crippen LogP contribution in [-0.2, 0) is 16.1 Å². The topological polar surface area (TPSA) is 84.7 Å². The third-order valence-electron chi connectivity index (χ3n) is 5.76. The van der Waals surface area contributed by atoms with Crippen LogP contribution in [-0.4, -0.2) is 62.1 Å². The molecule has 0 saturated carbocycles. The molecule has 0 bridgehead atoms. The number of carbonyl (C=O) groups is 2. The monoisotopic (exact) mass is 442 g/mol. The summed E-state index contributed by atoms with van der Waals surface area (Å²) >= 11 is 0. The van der Waals surface area contributed by atoms with E-state index < -0.39 is 5.60 Å². The van der Waals surface area contributed by atoms with Gasteiger partial charge in [0.25, 0.3) is 5.56 Å². The standard InChI is InChI=1S/C24H34N4O4/c1-16-15-28(23(31)32-24(4,5)6)17(2)14-27(16)21(29)12-9-13-26-18(3)25-20-11-8-7-10-19(20)22(26)30/h7-8,10-11,16-17H,9,12-15H2,1-6H3/t16-,17+/m0/s1. The summed E-state index contributed by atoms with van der Waals surface area (Å²) in [5, 5.41) is 0.588. The van der Waals surface area contributed by atoms with E-state index in [0.717, 1.165) is 0 Å². The molecule has 2 amide bonds. The fraction of sp³-hybridized carbons (Fsp3) is 0.583. The van der Waals surface area contributed by atoms with Crippen LogP contribution in [0.15, 0.2) is 29.1 Å². The molecule has 1 saturated heterocycles. The van der Waals surface area contributed by atoms with E-state index >= 15 is 0 Å². The van der Waals surface area contributed by atoms with Crippen molar-refractivity contribution in [1.29, 1.82) is 0 Å². The van der Waals surface area contributed by atoms with Crippen molar-refractivity contribution < 1.29 is 14.3 Å². The summed E-state index contributed by atoms with van der Waals surface area (Å²) in [6.07, 6.45) is 0.539. The number of fused-ring (bicyclic) bond motifs is 1.